The number of para-hydroxylation sites is 1. The number of hydrogen-bond donors (Lipinski definition) is 3. The van der Waals surface area contributed by atoms with Gasteiger partial charge in [-0.1, -0.05) is 18.9 Å². The molecule has 1 aliphatic rings. The van der Waals surface area contributed by atoms with Gasteiger partial charge in [-0.15, -0.1) is 0 Å². The molecule has 3 N–H and O–H groups in total. The maximum atomic E-state index is 12.3. The first kappa shape index (κ1) is 13.1. The largest absolute Gasteiger partial charge is 0.345 e. The van der Waals surface area contributed by atoms with Gasteiger partial charge in [-0.25, -0.2) is 4.98 Å². The van der Waals surface area contributed by atoms with E-state index in [2.05, 4.69) is 20.6 Å². The van der Waals surface area contributed by atoms with Crippen molar-refractivity contribution in [3.63, 3.8) is 0 Å². The van der Waals surface area contributed by atoms with Gasteiger partial charge in [0.25, 0.3) is 5.91 Å². The van der Waals surface area contributed by atoms with E-state index in [4.69, 9.17) is 0 Å². The number of carbonyl (C=O) groups excluding carboxylic acids is 1. The van der Waals surface area contributed by atoms with Crippen molar-refractivity contribution in [3.8, 4) is 0 Å². The number of nitrogens with zero attached hydrogens (tertiary/aromatic N) is 1. The summed E-state index contributed by atoms with van der Waals surface area (Å²) in [5.41, 5.74) is 2.22. The molecule has 1 aromatic carbocycles. The van der Waals surface area contributed by atoms with E-state index in [1.54, 1.807) is 12.4 Å². The molecule has 1 aromatic heterocycles. The minimum absolute atomic E-state index is 0.0280. The van der Waals surface area contributed by atoms with E-state index >= 15 is 0 Å². The van der Waals surface area contributed by atoms with Crippen LogP contribution in [0.3, 0.4) is 0 Å². The van der Waals surface area contributed by atoms with Gasteiger partial charge >= 0.3 is 0 Å². The Morgan fingerprint density at radius 1 is 1.40 bits per heavy atom. The Morgan fingerprint density at radius 2 is 2.20 bits per heavy atom. The lowest BCUT2D eigenvalue weighted by Crippen LogP contribution is -2.46. The normalized spacial score (nSPS) is 17.4. The van der Waals surface area contributed by atoms with Gasteiger partial charge in [0, 0.05) is 6.04 Å². The molecule has 0 bridgehead atoms. The summed E-state index contributed by atoms with van der Waals surface area (Å²) in [6.45, 7) is 1.99. The van der Waals surface area contributed by atoms with E-state index < -0.39 is 0 Å². The number of benzene rings is 1. The lowest BCUT2D eigenvalue weighted by Gasteiger charge is -2.20. The molecule has 0 spiro atoms. The van der Waals surface area contributed by atoms with E-state index in [0.717, 1.165) is 11.0 Å². The highest BCUT2D eigenvalue weighted by Gasteiger charge is 2.19. The zero-order valence-corrected chi connectivity index (χ0v) is 11.6. The summed E-state index contributed by atoms with van der Waals surface area (Å²) < 4.78 is 0. The number of fused-ring (bicyclic) bond motifs is 1. The molecule has 1 unspecified atom stereocenters. The van der Waals surface area contributed by atoms with Crippen LogP contribution >= 0.6 is 0 Å². The van der Waals surface area contributed by atoms with E-state index in [0.29, 0.717) is 11.6 Å². The average Bonchev–Trinajstić information content (AvgIpc) is 3.08. The van der Waals surface area contributed by atoms with Crippen LogP contribution in [-0.4, -0.2) is 28.1 Å². The van der Waals surface area contributed by atoms with Gasteiger partial charge in [0.05, 0.1) is 23.6 Å². The number of rotatable bonds is 4. The average molecular weight is 272 g/mol. The molecule has 5 heteroatoms. The molecule has 0 aliphatic heterocycles. The quantitative estimate of drug-likeness (QED) is 0.747. The Labute approximate surface area is 118 Å². The van der Waals surface area contributed by atoms with Crippen molar-refractivity contribution in [2.24, 2.45) is 0 Å². The summed E-state index contributed by atoms with van der Waals surface area (Å²) in [4.78, 5) is 19.6. The van der Waals surface area contributed by atoms with Crippen molar-refractivity contribution < 1.29 is 4.79 Å². The number of carbonyl (C=O) groups is 1. The third-order valence-corrected chi connectivity index (χ3v) is 3.88. The zero-order valence-electron chi connectivity index (χ0n) is 11.6. The molecule has 2 aromatic rings. The Kier molecular flexibility index (Phi) is 3.69. The third-order valence-electron chi connectivity index (χ3n) is 3.88. The van der Waals surface area contributed by atoms with Crippen molar-refractivity contribution in [1.82, 2.24) is 20.6 Å². The number of nitrogens with one attached hydrogen (secondary N) is 3. The summed E-state index contributed by atoms with van der Waals surface area (Å²) in [7, 11) is 0. The smallest absolute Gasteiger partial charge is 0.254 e. The fraction of sp³-hybridized carbons (Fsp3) is 0.467. The highest BCUT2D eigenvalue weighted by molar-refractivity contribution is 6.04. The highest BCUT2D eigenvalue weighted by atomic mass is 16.1. The van der Waals surface area contributed by atoms with Crippen LogP contribution in [0.4, 0.5) is 0 Å². The van der Waals surface area contributed by atoms with Gasteiger partial charge in [0.1, 0.15) is 5.52 Å². The van der Waals surface area contributed by atoms with Crippen LogP contribution in [0.25, 0.3) is 11.0 Å². The molecule has 5 nitrogen and oxygen atoms in total. The predicted octanol–water partition coefficient (Wildman–Crippen LogP) is 2.17. The van der Waals surface area contributed by atoms with Crippen molar-refractivity contribution in [2.75, 3.05) is 0 Å². The summed E-state index contributed by atoms with van der Waals surface area (Å²) in [6.07, 6.45) is 6.56. The summed E-state index contributed by atoms with van der Waals surface area (Å²) in [5.74, 6) is -0.0827. The molecule has 1 amide bonds. The molecule has 20 heavy (non-hydrogen) atoms. The van der Waals surface area contributed by atoms with Crippen LogP contribution in [0.1, 0.15) is 43.0 Å². The van der Waals surface area contributed by atoms with Gasteiger partial charge in [0.2, 0.25) is 0 Å². The first-order chi connectivity index (χ1) is 9.74. The molecule has 0 radical (unpaired) electrons. The molecule has 106 valence electrons. The lowest BCUT2D eigenvalue weighted by atomic mass is 10.1. The zero-order chi connectivity index (χ0) is 13.9. The van der Waals surface area contributed by atoms with Gasteiger partial charge in [-0.05, 0) is 31.9 Å². The van der Waals surface area contributed by atoms with Gasteiger partial charge < -0.3 is 10.3 Å². The number of aromatic nitrogens is 2. The van der Waals surface area contributed by atoms with Crippen LogP contribution in [0.2, 0.25) is 0 Å². The van der Waals surface area contributed by atoms with Crippen molar-refractivity contribution >= 4 is 16.9 Å². The second kappa shape index (κ2) is 5.63. The lowest BCUT2D eigenvalue weighted by molar-refractivity contribution is 0.0932. The minimum Gasteiger partial charge on any atom is -0.345 e. The molecule has 1 atom stereocenters. The molecule has 0 saturated heterocycles. The summed E-state index contributed by atoms with van der Waals surface area (Å²) in [5, 5.41) is 6.46. The Bertz CT molecular complexity index is 601. The first-order valence-electron chi connectivity index (χ1n) is 7.23. The summed E-state index contributed by atoms with van der Waals surface area (Å²) in [6, 6.07) is 6.12. The second-order valence-corrected chi connectivity index (χ2v) is 5.45. The number of hydrogen-bond acceptors (Lipinski definition) is 3. The molecular weight excluding hydrogens is 252 g/mol. The molecule has 1 saturated carbocycles. The molecule has 3 rings (SSSR count). The monoisotopic (exact) mass is 272 g/mol. The maximum Gasteiger partial charge on any atom is 0.254 e. The standard InChI is InChI=1S/C15H20N4O/c1-10(18-11-5-2-3-6-11)19-15(20)12-7-4-8-13-14(12)17-9-16-13/h4,7-11,18H,2-3,5-6H2,1H3,(H,16,17)(H,19,20). The highest BCUT2D eigenvalue weighted by Crippen LogP contribution is 2.18. The van der Waals surface area contributed by atoms with E-state index in [1.165, 1.54) is 25.7 Å². The van der Waals surface area contributed by atoms with Crippen molar-refractivity contribution in [1.29, 1.82) is 0 Å². The van der Waals surface area contributed by atoms with Crippen molar-refractivity contribution in [2.45, 2.75) is 44.8 Å². The van der Waals surface area contributed by atoms with E-state index in [1.807, 2.05) is 19.1 Å². The Balaban J connectivity index is 1.67. The van der Waals surface area contributed by atoms with E-state index in [9.17, 15) is 4.79 Å². The van der Waals surface area contributed by atoms with Crippen LogP contribution in [-0.2, 0) is 0 Å². The van der Waals surface area contributed by atoms with Crippen molar-refractivity contribution in [3.05, 3.63) is 30.1 Å². The third kappa shape index (κ3) is 2.67. The van der Waals surface area contributed by atoms with Gasteiger partial charge in [-0.3, -0.25) is 10.1 Å². The first-order valence-corrected chi connectivity index (χ1v) is 7.23. The van der Waals surface area contributed by atoms with Crippen LogP contribution in [0.5, 0.6) is 0 Å². The molecule has 1 aliphatic carbocycles. The van der Waals surface area contributed by atoms with Crippen LogP contribution in [0.15, 0.2) is 24.5 Å². The minimum atomic E-state index is -0.0827. The molecule has 1 heterocycles. The van der Waals surface area contributed by atoms with Gasteiger partial charge in [-0.2, -0.15) is 0 Å². The number of imidazole rings is 1. The van der Waals surface area contributed by atoms with E-state index in [-0.39, 0.29) is 12.1 Å². The Morgan fingerprint density at radius 3 is 3.00 bits per heavy atom. The van der Waals surface area contributed by atoms with Crippen LogP contribution < -0.4 is 10.6 Å². The number of H-pyrrole nitrogens is 1. The topological polar surface area (TPSA) is 69.8 Å². The maximum absolute atomic E-state index is 12.3. The summed E-state index contributed by atoms with van der Waals surface area (Å²) >= 11 is 0. The molecular formula is C15H20N4O. The SMILES string of the molecule is CC(NC(=O)c1cccc2[nH]cnc12)NC1CCCC1. The number of amides is 1. The predicted molar refractivity (Wildman–Crippen MR) is 78.4 cm³/mol. The fourth-order valence-electron chi connectivity index (χ4n) is 2.91. The number of aromatic amines is 1. The fourth-order valence-corrected chi connectivity index (χ4v) is 2.91. The Hall–Kier alpha value is -1.88. The van der Waals surface area contributed by atoms with Crippen LogP contribution in [0, 0.1) is 0 Å². The second-order valence-electron chi connectivity index (χ2n) is 5.45. The molecule has 1 fully saturated rings. The van der Waals surface area contributed by atoms with Gasteiger partial charge in [0.15, 0.2) is 0 Å².